The van der Waals surface area contributed by atoms with E-state index in [1.54, 1.807) is 0 Å². The zero-order valence-electron chi connectivity index (χ0n) is 10.6. The highest BCUT2D eigenvalue weighted by molar-refractivity contribution is 5.22. The van der Waals surface area contributed by atoms with Gasteiger partial charge >= 0.3 is 0 Å². The van der Waals surface area contributed by atoms with Crippen LogP contribution in [0.15, 0.2) is 12.4 Å². The van der Waals surface area contributed by atoms with E-state index in [1.807, 2.05) is 26.4 Å². The molecule has 0 amide bonds. The number of aromatic nitrogens is 4. The lowest BCUT2D eigenvalue weighted by atomic mass is 10.2. The Hall–Kier alpha value is -1.62. The highest BCUT2D eigenvalue weighted by atomic mass is 15.1. The number of hydrogen-bond acceptors (Lipinski definition) is 3. The molecule has 0 unspecified atom stereocenters. The number of nitrogens with one attached hydrogen (secondary N) is 2. The molecule has 0 saturated carbocycles. The highest BCUT2D eigenvalue weighted by Gasteiger charge is 2.05. The van der Waals surface area contributed by atoms with Gasteiger partial charge in [0.15, 0.2) is 0 Å². The zero-order valence-corrected chi connectivity index (χ0v) is 10.6. The monoisotopic (exact) mass is 233 g/mol. The average Bonchev–Trinajstić information content (AvgIpc) is 2.84. The predicted octanol–water partition coefficient (Wildman–Crippen LogP) is 1.09. The van der Waals surface area contributed by atoms with Gasteiger partial charge in [0.1, 0.15) is 5.82 Å². The van der Waals surface area contributed by atoms with Crippen molar-refractivity contribution >= 4 is 0 Å². The third-order valence-corrected chi connectivity index (χ3v) is 3.03. The van der Waals surface area contributed by atoms with Crippen molar-refractivity contribution in [3.05, 3.63) is 35.2 Å². The van der Waals surface area contributed by atoms with Gasteiger partial charge in [0.25, 0.3) is 0 Å². The maximum Gasteiger partial charge on any atom is 0.109 e. The SMILES string of the molecule is Cc1n[nH]c(C)c1CNCCc1nccn1C. The first-order valence-corrected chi connectivity index (χ1v) is 5.86. The van der Waals surface area contributed by atoms with Crippen LogP contribution in [0.1, 0.15) is 22.8 Å². The summed E-state index contributed by atoms with van der Waals surface area (Å²) in [6.07, 6.45) is 4.75. The molecule has 2 heterocycles. The quantitative estimate of drug-likeness (QED) is 0.760. The van der Waals surface area contributed by atoms with E-state index in [1.165, 1.54) is 5.56 Å². The molecule has 2 aromatic rings. The Kier molecular flexibility index (Phi) is 3.58. The van der Waals surface area contributed by atoms with Crippen molar-refractivity contribution in [1.82, 2.24) is 25.1 Å². The molecule has 2 N–H and O–H groups in total. The normalized spacial score (nSPS) is 11.0. The summed E-state index contributed by atoms with van der Waals surface area (Å²) in [5, 5.41) is 10.6. The van der Waals surface area contributed by atoms with Crippen LogP contribution in [0.25, 0.3) is 0 Å². The summed E-state index contributed by atoms with van der Waals surface area (Å²) in [7, 11) is 2.02. The fourth-order valence-electron chi connectivity index (χ4n) is 1.89. The van der Waals surface area contributed by atoms with Gasteiger partial charge in [-0.05, 0) is 13.8 Å². The highest BCUT2D eigenvalue weighted by Crippen LogP contribution is 2.08. The van der Waals surface area contributed by atoms with E-state index in [4.69, 9.17) is 0 Å². The first kappa shape index (κ1) is 11.9. The third-order valence-electron chi connectivity index (χ3n) is 3.03. The summed E-state index contributed by atoms with van der Waals surface area (Å²) < 4.78 is 2.05. The lowest BCUT2D eigenvalue weighted by Gasteiger charge is -2.05. The summed E-state index contributed by atoms with van der Waals surface area (Å²) in [5.41, 5.74) is 3.49. The Morgan fingerprint density at radius 2 is 2.24 bits per heavy atom. The van der Waals surface area contributed by atoms with Crippen LogP contribution in [0.4, 0.5) is 0 Å². The Morgan fingerprint density at radius 1 is 1.41 bits per heavy atom. The van der Waals surface area contributed by atoms with Gasteiger partial charge in [-0.15, -0.1) is 0 Å². The molecule has 0 radical (unpaired) electrons. The molecule has 5 heteroatoms. The van der Waals surface area contributed by atoms with Gasteiger partial charge in [0.05, 0.1) is 5.69 Å². The Balaban J connectivity index is 1.79. The molecule has 2 rings (SSSR count). The molecular weight excluding hydrogens is 214 g/mol. The van der Waals surface area contributed by atoms with Gasteiger partial charge in [-0.1, -0.05) is 0 Å². The molecule has 0 fully saturated rings. The Morgan fingerprint density at radius 3 is 2.82 bits per heavy atom. The maximum absolute atomic E-state index is 4.29. The van der Waals surface area contributed by atoms with E-state index in [9.17, 15) is 0 Å². The second-order valence-electron chi connectivity index (χ2n) is 4.29. The van der Waals surface area contributed by atoms with Crippen molar-refractivity contribution < 1.29 is 0 Å². The summed E-state index contributed by atoms with van der Waals surface area (Å²) in [4.78, 5) is 4.29. The molecule has 0 atom stereocenters. The molecule has 2 aromatic heterocycles. The molecule has 0 aliphatic rings. The number of imidazole rings is 1. The zero-order chi connectivity index (χ0) is 12.3. The number of hydrogen-bond donors (Lipinski definition) is 2. The van der Waals surface area contributed by atoms with Crippen molar-refractivity contribution in [2.45, 2.75) is 26.8 Å². The number of H-pyrrole nitrogens is 1. The van der Waals surface area contributed by atoms with Gasteiger partial charge in [0, 0.05) is 50.2 Å². The minimum absolute atomic E-state index is 0.860. The van der Waals surface area contributed by atoms with Crippen LogP contribution >= 0.6 is 0 Å². The lowest BCUT2D eigenvalue weighted by Crippen LogP contribution is -2.18. The molecule has 17 heavy (non-hydrogen) atoms. The van der Waals surface area contributed by atoms with E-state index < -0.39 is 0 Å². The van der Waals surface area contributed by atoms with Gasteiger partial charge in [0.2, 0.25) is 0 Å². The van der Waals surface area contributed by atoms with Gasteiger partial charge in [-0.25, -0.2) is 4.98 Å². The smallest absolute Gasteiger partial charge is 0.109 e. The minimum atomic E-state index is 0.860. The van der Waals surface area contributed by atoms with Crippen LogP contribution in [-0.4, -0.2) is 26.3 Å². The van der Waals surface area contributed by atoms with E-state index in [0.29, 0.717) is 0 Å². The van der Waals surface area contributed by atoms with Crippen molar-refractivity contribution in [3.8, 4) is 0 Å². The summed E-state index contributed by atoms with van der Waals surface area (Å²) in [5.74, 6) is 1.11. The first-order valence-electron chi connectivity index (χ1n) is 5.86. The number of nitrogens with zero attached hydrogens (tertiary/aromatic N) is 3. The minimum Gasteiger partial charge on any atom is -0.338 e. The molecule has 0 spiro atoms. The van der Waals surface area contributed by atoms with Crippen molar-refractivity contribution in [1.29, 1.82) is 0 Å². The van der Waals surface area contributed by atoms with Gasteiger partial charge in [-0.3, -0.25) is 5.10 Å². The number of aryl methyl sites for hydroxylation is 3. The second-order valence-corrected chi connectivity index (χ2v) is 4.29. The molecule has 0 aliphatic heterocycles. The standard InChI is InChI=1S/C12H19N5/c1-9-11(10(2)16-15-9)8-13-5-4-12-14-6-7-17(12)3/h6-7,13H,4-5,8H2,1-3H3,(H,15,16). The predicted molar refractivity (Wildman–Crippen MR) is 66.7 cm³/mol. The fourth-order valence-corrected chi connectivity index (χ4v) is 1.89. The molecule has 0 aromatic carbocycles. The van der Waals surface area contributed by atoms with Crippen LogP contribution in [0.3, 0.4) is 0 Å². The fraction of sp³-hybridized carbons (Fsp3) is 0.500. The Labute approximate surface area is 101 Å². The van der Waals surface area contributed by atoms with Gasteiger partial charge in [-0.2, -0.15) is 5.10 Å². The van der Waals surface area contributed by atoms with Crippen molar-refractivity contribution in [3.63, 3.8) is 0 Å². The summed E-state index contributed by atoms with van der Waals surface area (Å²) in [6.45, 7) is 5.86. The van der Waals surface area contributed by atoms with Crippen LogP contribution in [0.2, 0.25) is 0 Å². The second kappa shape index (κ2) is 5.14. The van der Waals surface area contributed by atoms with E-state index in [0.717, 1.165) is 36.7 Å². The van der Waals surface area contributed by atoms with Crippen LogP contribution in [-0.2, 0) is 20.0 Å². The average molecular weight is 233 g/mol. The summed E-state index contributed by atoms with van der Waals surface area (Å²) in [6, 6.07) is 0. The molecule has 92 valence electrons. The molecule has 5 nitrogen and oxygen atoms in total. The van der Waals surface area contributed by atoms with Crippen LogP contribution in [0, 0.1) is 13.8 Å². The Bertz CT molecular complexity index is 463. The van der Waals surface area contributed by atoms with E-state index >= 15 is 0 Å². The first-order chi connectivity index (χ1) is 8.18. The van der Waals surface area contributed by atoms with E-state index in [-0.39, 0.29) is 0 Å². The topological polar surface area (TPSA) is 58.5 Å². The largest absolute Gasteiger partial charge is 0.338 e. The van der Waals surface area contributed by atoms with Crippen molar-refractivity contribution in [2.75, 3.05) is 6.54 Å². The summed E-state index contributed by atoms with van der Waals surface area (Å²) >= 11 is 0. The molecule has 0 aliphatic carbocycles. The number of rotatable bonds is 5. The molecule has 0 saturated heterocycles. The van der Waals surface area contributed by atoms with Crippen molar-refractivity contribution in [2.24, 2.45) is 7.05 Å². The lowest BCUT2D eigenvalue weighted by molar-refractivity contribution is 0.652. The molecule has 0 bridgehead atoms. The maximum atomic E-state index is 4.29. The van der Waals surface area contributed by atoms with Gasteiger partial charge < -0.3 is 9.88 Å². The number of aromatic amines is 1. The molecular formula is C12H19N5. The van der Waals surface area contributed by atoms with Crippen LogP contribution in [0.5, 0.6) is 0 Å². The van der Waals surface area contributed by atoms with E-state index in [2.05, 4.69) is 32.0 Å². The van der Waals surface area contributed by atoms with Crippen LogP contribution < -0.4 is 5.32 Å². The third kappa shape index (κ3) is 2.74.